The Kier molecular flexibility index (Phi) is 8.95. The van der Waals surface area contributed by atoms with Crippen molar-refractivity contribution >= 4 is 23.7 Å². The van der Waals surface area contributed by atoms with Crippen LogP contribution in [-0.2, 0) is 19.7 Å². The second-order valence-corrected chi connectivity index (χ2v) is 9.97. The minimum absolute atomic E-state index is 0.356. The molecule has 0 radical (unpaired) electrons. The van der Waals surface area contributed by atoms with Gasteiger partial charge in [0, 0.05) is 10.4 Å². The summed E-state index contributed by atoms with van der Waals surface area (Å²) in [6.07, 6.45) is 4.55. The molecule has 0 spiro atoms. The Hall–Kier alpha value is -2.60. The van der Waals surface area contributed by atoms with E-state index in [0.717, 1.165) is 31.2 Å². The number of amides is 1. The molecule has 0 heterocycles. The SMILES string of the molecule is COC(=O)C(CC1CCCCC1)NC(=O)OC(c1ccc(F)cc1)C(C)(C)c1cccc(Cl)c1. The number of rotatable bonds is 8. The average molecular weight is 490 g/mol. The lowest BCUT2D eigenvalue weighted by atomic mass is 9.76. The summed E-state index contributed by atoms with van der Waals surface area (Å²) in [7, 11) is 1.31. The van der Waals surface area contributed by atoms with Gasteiger partial charge in [-0.05, 0) is 47.7 Å². The lowest BCUT2D eigenvalue weighted by Crippen LogP contribution is -2.44. The average Bonchev–Trinajstić information content (AvgIpc) is 2.83. The van der Waals surface area contributed by atoms with Crippen LogP contribution in [0.3, 0.4) is 0 Å². The Morgan fingerprint density at radius 2 is 1.79 bits per heavy atom. The number of alkyl carbamates (subject to hydrolysis) is 1. The zero-order valence-electron chi connectivity index (χ0n) is 20.0. The van der Waals surface area contributed by atoms with E-state index in [1.807, 2.05) is 32.0 Å². The summed E-state index contributed by atoms with van der Waals surface area (Å²) >= 11 is 6.22. The van der Waals surface area contributed by atoms with Gasteiger partial charge in [0.1, 0.15) is 18.0 Å². The van der Waals surface area contributed by atoms with Crippen LogP contribution in [0.15, 0.2) is 48.5 Å². The molecular formula is C27H33ClFNO4. The number of carbonyl (C=O) groups excluding carboxylic acids is 2. The lowest BCUT2D eigenvalue weighted by Gasteiger charge is -2.35. The predicted molar refractivity (Wildman–Crippen MR) is 130 cm³/mol. The first-order chi connectivity index (χ1) is 16.2. The first-order valence-electron chi connectivity index (χ1n) is 11.8. The van der Waals surface area contributed by atoms with Gasteiger partial charge in [0.25, 0.3) is 0 Å². The summed E-state index contributed by atoms with van der Waals surface area (Å²) in [6, 6.07) is 12.4. The van der Waals surface area contributed by atoms with Crippen molar-refractivity contribution in [3.63, 3.8) is 0 Å². The Morgan fingerprint density at radius 1 is 1.12 bits per heavy atom. The van der Waals surface area contributed by atoms with Gasteiger partial charge in [0.15, 0.2) is 0 Å². The Labute approximate surface area is 206 Å². The molecule has 0 aliphatic heterocycles. The minimum atomic E-state index is -0.788. The number of benzene rings is 2. The molecule has 0 aromatic heterocycles. The van der Waals surface area contributed by atoms with Crippen LogP contribution < -0.4 is 5.32 Å². The third-order valence-corrected chi connectivity index (χ3v) is 6.93. The van der Waals surface area contributed by atoms with E-state index < -0.39 is 29.6 Å². The monoisotopic (exact) mass is 489 g/mol. The van der Waals surface area contributed by atoms with Crippen molar-refractivity contribution < 1.29 is 23.5 Å². The second-order valence-electron chi connectivity index (χ2n) is 9.53. The first-order valence-corrected chi connectivity index (χ1v) is 12.1. The molecule has 184 valence electrons. The van der Waals surface area contributed by atoms with Gasteiger partial charge in [0.2, 0.25) is 0 Å². The van der Waals surface area contributed by atoms with Gasteiger partial charge in [0.05, 0.1) is 7.11 Å². The van der Waals surface area contributed by atoms with Crippen LogP contribution in [0.4, 0.5) is 9.18 Å². The van der Waals surface area contributed by atoms with Crippen molar-refractivity contribution in [1.82, 2.24) is 5.32 Å². The van der Waals surface area contributed by atoms with Crippen LogP contribution in [0, 0.1) is 11.7 Å². The highest BCUT2D eigenvalue weighted by atomic mass is 35.5. The fourth-order valence-corrected chi connectivity index (χ4v) is 4.90. The van der Waals surface area contributed by atoms with Crippen molar-refractivity contribution in [3.8, 4) is 0 Å². The Bertz CT molecular complexity index is 973. The molecule has 0 bridgehead atoms. The maximum atomic E-state index is 13.6. The molecule has 1 aliphatic rings. The highest BCUT2D eigenvalue weighted by molar-refractivity contribution is 6.30. The third-order valence-electron chi connectivity index (χ3n) is 6.69. The van der Waals surface area contributed by atoms with Crippen molar-refractivity contribution in [2.45, 2.75) is 69.9 Å². The molecule has 2 atom stereocenters. The van der Waals surface area contributed by atoms with Gasteiger partial charge in [-0.3, -0.25) is 0 Å². The number of methoxy groups -OCH3 is 1. The second kappa shape index (κ2) is 11.7. The van der Waals surface area contributed by atoms with E-state index in [-0.39, 0.29) is 5.82 Å². The van der Waals surface area contributed by atoms with Gasteiger partial charge in [-0.25, -0.2) is 14.0 Å². The number of esters is 1. The first kappa shape index (κ1) is 26.0. The summed E-state index contributed by atoms with van der Waals surface area (Å²) < 4.78 is 24.5. The van der Waals surface area contributed by atoms with Crippen LogP contribution in [-0.4, -0.2) is 25.2 Å². The summed E-state index contributed by atoms with van der Waals surface area (Å²) in [4.78, 5) is 25.5. The molecule has 5 nitrogen and oxygen atoms in total. The molecule has 2 aromatic carbocycles. The molecular weight excluding hydrogens is 457 g/mol. The highest BCUT2D eigenvalue weighted by Crippen LogP contribution is 2.40. The molecule has 1 fully saturated rings. The molecule has 34 heavy (non-hydrogen) atoms. The van der Waals surface area contributed by atoms with E-state index in [2.05, 4.69) is 5.32 Å². The standard InChI is InChI=1S/C27H33ClFNO4/c1-27(2,20-10-7-11-21(28)17-20)24(19-12-14-22(29)15-13-19)34-26(32)30-23(25(31)33-3)16-18-8-5-4-6-9-18/h7,10-15,17-18,23-24H,4-6,8-9,16H2,1-3H3,(H,30,32). The van der Waals surface area contributed by atoms with Gasteiger partial charge in [-0.1, -0.05) is 81.8 Å². The third kappa shape index (κ3) is 6.72. The van der Waals surface area contributed by atoms with Crippen molar-refractivity contribution in [2.24, 2.45) is 5.92 Å². The molecule has 7 heteroatoms. The van der Waals surface area contributed by atoms with Gasteiger partial charge >= 0.3 is 12.1 Å². The molecule has 2 aromatic rings. The largest absolute Gasteiger partial charge is 0.467 e. The van der Waals surface area contributed by atoms with E-state index in [1.54, 1.807) is 18.2 Å². The normalized spacial score (nSPS) is 16.4. The van der Waals surface area contributed by atoms with E-state index >= 15 is 0 Å². The zero-order chi connectivity index (χ0) is 24.7. The molecule has 1 N–H and O–H groups in total. The number of halogens is 2. The maximum Gasteiger partial charge on any atom is 0.408 e. The van der Waals surface area contributed by atoms with Crippen molar-refractivity contribution in [3.05, 3.63) is 70.5 Å². The fraction of sp³-hybridized carbons (Fsp3) is 0.481. The van der Waals surface area contributed by atoms with Gasteiger partial charge in [-0.2, -0.15) is 0 Å². The highest BCUT2D eigenvalue weighted by Gasteiger charge is 2.37. The van der Waals surface area contributed by atoms with Crippen LogP contribution in [0.25, 0.3) is 0 Å². The predicted octanol–water partition coefficient (Wildman–Crippen LogP) is 6.74. The summed E-state index contributed by atoms with van der Waals surface area (Å²) in [5.41, 5.74) is 0.779. The van der Waals surface area contributed by atoms with Crippen LogP contribution >= 0.6 is 11.6 Å². The van der Waals surface area contributed by atoms with Crippen LogP contribution in [0.2, 0.25) is 5.02 Å². The molecule has 0 saturated heterocycles. The van der Waals surface area contributed by atoms with E-state index in [1.165, 1.54) is 25.7 Å². The van der Waals surface area contributed by atoms with E-state index in [0.29, 0.717) is 22.9 Å². The smallest absolute Gasteiger partial charge is 0.408 e. The van der Waals surface area contributed by atoms with Crippen molar-refractivity contribution in [2.75, 3.05) is 7.11 Å². The number of nitrogens with one attached hydrogen (secondary N) is 1. The molecule has 3 rings (SSSR count). The number of hydrogen-bond acceptors (Lipinski definition) is 4. The Morgan fingerprint density at radius 3 is 2.41 bits per heavy atom. The lowest BCUT2D eigenvalue weighted by molar-refractivity contribution is -0.143. The van der Waals surface area contributed by atoms with E-state index in [9.17, 15) is 14.0 Å². The number of carbonyl (C=O) groups is 2. The quantitative estimate of drug-likeness (QED) is 0.417. The number of hydrogen-bond donors (Lipinski definition) is 1. The summed E-state index contributed by atoms with van der Waals surface area (Å²) in [5.74, 6) is -0.519. The fourth-order valence-electron chi connectivity index (χ4n) is 4.71. The molecule has 2 unspecified atom stereocenters. The van der Waals surface area contributed by atoms with Crippen LogP contribution in [0.1, 0.15) is 69.6 Å². The van der Waals surface area contributed by atoms with Crippen LogP contribution in [0.5, 0.6) is 0 Å². The molecule has 1 amide bonds. The number of ether oxygens (including phenoxy) is 2. The molecule has 1 saturated carbocycles. The van der Waals surface area contributed by atoms with Crippen molar-refractivity contribution in [1.29, 1.82) is 0 Å². The zero-order valence-corrected chi connectivity index (χ0v) is 20.7. The minimum Gasteiger partial charge on any atom is -0.467 e. The molecule has 1 aliphatic carbocycles. The van der Waals surface area contributed by atoms with E-state index in [4.69, 9.17) is 21.1 Å². The Balaban J connectivity index is 1.83. The maximum absolute atomic E-state index is 13.6. The summed E-state index contributed by atoms with van der Waals surface area (Å²) in [5, 5.41) is 3.29. The topological polar surface area (TPSA) is 64.6 Å². The van der Waals surface area contributed by atoms with Gasteiger partial charge < -0.3 is 14.8 Å². The summed E-state index contributed by atoms with van der Waals surface area (Å²) in [6.45, 7) is 3.86. The van der Waals surface area contributed by atoms with Gasteiger partial charge in [-0.15, -0.1) is 0 Å².